The lowest BCUT2D eigenvalue weighted by Crippen LogP contribution is -2.11. The van der Waals surface area contributed by atoms with E-state index in [1.807, 2.05) is 24.3 Å². The Labute approximate surface area is 119 Å². The van der Waals surface area contributed by atoms with Crippen molar-refractivity contribution in [1.82, 2.24) is 4.98 Å². The SMILES string of the molecule is CCCCCC(=O)Nc1cnc2cc(OC)ccc2c1. The average Bonchev–Trinajstić information content (AvgIpc) is 2.47. The molecule has 4 nitrogen and oxygen atoms in total. The molecule has 1 aromatic heterocycles. The van der Waals surface area contributed by atoms with Gasteiger partial charge in [-0.3, -0.25) is 9.78 Å². The van der Waals surface area contributed by atoms with Gasteiger partial charge in [0.2, 0.25) is 5.91 Å². The highest BCUT2D eigenvalue weighted by Gasteiger charge is 2.04. The number of ether oxygens (including phenoxy) is 1. The fraction of sp³-hybridized carbons (Fsp3) is 0.375. The molecule has 0 atom stereocenters. The molecule has 0 aliphatic heterocycles. The summed E-state index contributed by atoms with van der Waals surface area (Å²) in [4.78, 5) is 16.1. The van der Waals surface area contributed by atoms with Gasteiger partial charge in [-0.2, -0.15) is 0 Å². The Morgan fingerprint density at radius 2 is 2.15 bits per heavy atom. The molecule has 0 saturated heterocycles. The van der Waals surface area contributed by atoms with Crippen molar-refractivity contribution < 1.29 is 9.53 Å². The Bertz CT molecular complexity index is 596. The number of carbonyl (C=O) groups excluding carboxylic acids is 1. The second-order valence-electron chi connectivity index (χ2n) is 4.79. The Morgan fingerprint density at radius 3 is 2.90 bits per heavy atom. The zero-order valence-electron chi connectivity index (χ0n) is 12.0. The maximum Gasteiger partial charge on any atom is 0.224 e. The Morgan fingerprint density at radius 1 is 1.30 bits per heavy atom. The number of aromatic nitrogens is 1. The van der Waals surface area contributed by atoms with E-state index in [-0.39, 0.29) is 5.91 Å². The summed E-state index contributed by atoms with van der Waals surface area (Å²) in [6.07, 6.45) is 5.38. The molecule has 0 radical (unpaired) electrons. The molecule has 0 fully saturated rings. The quantitative estimate of drug-likeness (QED) is 0.814. The fourth-order valence-corrected chi connectivity index (χ4v) is 2.06. The topological polar surface area (TPSA) is 51.2 Å². The van der Waals surface area contributed by atoms with Gasteiger partial charge in [-0.1, -0.05) is 19.8 Å². The van der Waals surface area contributed by atoms with E-state index < -0.39 is 0 Å². The Hall–Kier alpha value is -2.10. The number of hydrogen-bond donors (Lipinski definition) is 1. The van der Waals surface area contributed by atoms with E-state index in [2.05, 4.69) is 17.2 Å². The maximum atomic E-state index is 11.8. The summed E-state index contributed by atoms with van der Waals surface area (Å²) >= 11 is 0. The minimum absolute atomic E-state index is 0.0492. The number of anilines is 1. The largest absolute Gasteiger partial charge is 0.497 e. The first kappa shape index (κ1) is 14.3. The first-order chi connectivity index (χ1) is 9.72. The van der Waals surface area contributed by atoms with E-state index in [0.29, 0.717) is 6.42 Å². The lowest BCUT2D eigenvalue weighted by Gasteiger charge is -2.07. The molecule has 20 heavy (non-hydrogen) atoms. The molecule has 1 aromatic carbocycles. The van der Waals surface area contributed by atoms with E-state index in [9.17, 15) is 4.79 Å². The Balaban J connectivity index is 2.06. The molecule has 0 spiro atoms. The van der Waals surface area contributed by atoms with Crippen molar-refractivity contribution in [3.05, 3.63) is 30.5 Å². The van der Waals surface area contributed by atoms with E-state index in [4.69, 9.17) is 4.74 Å². The summed E-state index contributed by atoms with van der Waals surface area (Å²) in [5.74, 6) is 0.828. The van der Waals surface area contributed by atoms with Crippen LogP contribution in [0.25, 0.3) is 10.9 Å². The molecule has 0 saturated carbocycles. The van der Waals surface area contributed by atoms with Crippen LogP contribution in [0.5, 0.6) is 5.75 Å². The van der Waals surface area contributed by atoms with Crippen LogP contribution < -0.4 is 10.1 Å². The summed E-state index contributed by atoms with van der Waals surface area (Å²) in [6, 6.07) is 7.63. The van der Waals surface area contributed by atoms with Crippen LogP contribution in [0, 0.1) is 0 Å². The van der Waals surface area contributed by atoms with Gasteiger partial charge in [0.1, 0.15) is 5.75 Å². The van der Waals surface area contributed by atoms with Crippen LogP contribution in [0.1, 0.15) is 32.6 Å². The van der Waals surface area contributed by atoms with Gasteiger partial charge in [-0.25, -0.2) is 0 Å². The van der Waals surface area contributed by atoms with Crippen LogP contribution in [0.2, 0.25) is 0 Å². The van der Waals surface area contributed by atoms with Gasteiger partial charge in [0, 0.05) is 17.9 Å². The highest BCUT2D eigenvalue weighted by Crippen LogP contribution is 2.21. The summed E-state index contributed by atoms with van der Waals surface area (Å²) in [5.41, 5.74) is 1.59. The van der Waals surface area contributed by atoms with Gasteiger partial charge in [-0.15, -0.1) is 0 Å². The molecular formula is C16H20N2O2. The molecule has 4 heteroatoms. The molecule has 0 aliphatic carbocycles. The number of rotatable bonds is 6. The molecule has 0 aliphatic rings. The third-order valence-electron chi connectivity index (χ3n) is 3.18. The third kappa shape index (κ3) is 3.70. The average molecular weight is 272 g/mol. The van der Waals surface area contributed by atoms with Crippen molar-refractivity contribution in [2.24, 2.45) is 0 Å². The monoisotopic (exact) mass is 272 g/mol. The van der Waals surface area contributed by atoms with Gasteiger partial charge in [-0.05, 0) is 24.6 Å². The van der Waals surface area contributed by atoms with E-state index >= 15 is 0 Å². The van der Waals surface area contributed by atoms with Crippen LogP contribution >= 0.6 is 0 Å². The smallest absolute Gasteiger partial charge is 0.224 e. The van der Waals surface area contributed by atoms with Crippen LogP contribution in [-0.4, -0.2) is 18.0 Å². The van der Waals surface area contributed by atoms with Gasteiger partial charge >= 0.3 is 0 Å². The number of methoxy groups -OCH3 is 1. The number of nitrogens with one attached hydrogen (secondary N) is 1. The molecule has 106 valence electrons. The third-order valence-corrected chi connectivity index (χ3v) is 3.18. The highest BCUT2D eigenvalue weighted by molar-refractivity contribution is 5.93. The summed E-state index contributed by atoms with van der Waals surface area (Å²) in [5, 5.41) is 3.87. The van der Waals surface area contributed by atoms with Crippen molar-refractivity contribution >= 4 is 22.5 Å². The number of pyridine rings is 1. The molecule has 0 unspecified atom stereocenters. The van der Waals surface area contributed by atoms with Crippen LogP contribution in [-0.2, 0) is 4.79 Å². The van der Waals surface area contributed by atoms with Gasteiger partial charge in [0.25, 0.3) is 0 Å². The Kier molecular flexibility index (Phi) is 4.93. The van der Waals surface area contributed by atoms with Crippen molar-refractivity contribution in [3.63, 3.8) is 0 Å². The van der Waals surface area contributed by atoms with Crippen LogP contribution in [0.4, 0.5) is 5.69 Å². The first-order valence-electron chi connectivity index (χ1n) is 6.96. The molecule has 1 heterocycles. The first-order valence-corrected chi connectivity index (χ1v) is 6.96. The van der Waals surface area contributed by atoms with Crippen molar-refractivity contribution in [1.29, 1.82) is 0 Å². The van der Waals surface area contributed by atoms with Gasteiger partial charge in [0.15, 0.2) is 0 Å². The van der Waals surface area contributed by atoms with Crippen LogP contribution in [0.3, 0.4) is 0 Å². The number of unbranched alkanes of at least 4 members (excludes halogenated alkanes) is 2. The van der Waals surface area contributed by atoms with Gasteiger partial charge in [0.05, 0.1) is 24.5 Å². The zero-order valence-corrected chi connectivity index (χ0v) is 12.0. The zero-order chi connectivity index (χ0) is 14.4. The number of amides is 1. The molecule has 1 N–H and O–H groups in total. The number of nitrogens with zero attached hydrogens (tertiary/aromatic N) is 1. The second kappa shape index (κ2) is 6.89. The standard InChI is InChI=1S/C16H20N2O2/c1-3-4-5-6-16(19)18-13-9-12-7-8-14(20-2)10-15(12)17-11-13/h7-11H,3-6H2,1-2H3,(H,18,19). The van der Waals surface area contributed by atoms with Crippen molar-refractivity contribution in [2.75, 3.05) is 12.4 Å². The summed E-state index contributed by atoms with van der Waals surface area (Å²) in [7, 11) is 1.63. The predicted octanol–water partition coefficient (Wildman–Crippen LogP) is 3.76. The lowest BCUT2D eigenvalue weighted by atomic mass is 10.2. The fourth-order valence-electron chi connectivity index (χ4n) is 2.06. The summed E-state index contributed by atoms with van der Waals surface area (Å²) in [6.45, 7) is 2.12. The predicted molar refractivity (Wildman–Crippen MR) is 81.1 cm³/mol. The molecule has 1 amide bonds. The van der Waals surface area contributed by atoms with Crippen molar-refractivity contribution in [3.8, 4) is 5.75 Å². The van der Waals surface area contributed by atoms with E-state index in [1.165, 1.54) is 0 Å². The molecular weight excluding hydrogens is 252 g/mol. The minimum atomic E-state index is 0.0492. The maximum absolute atomic E-state index is 11.8. The van der Waals surface area contributed by atoms with Crippen molar-refractivity contribution in [2.45, 2.75) is 32.6 Å². The highest BCUT2D eigenvalue weighted by atomic mass is 16.5. The summed E-state index contributed by atoms with van der Waals surface area (Å²) < 4.78 is 5.16. The number of carbonyl (C=O) groups is 1. The number of benzene rings is 1. The van der Waals surface area contributed by atoms with E-state index in [0.717, 1.165) is 41.6 Å². The number of hydrogen-bond acceptors (Lipinski definition) is 3. The molecule has 0 bridgehead atoms. The second-order valence-corrected chi connectivity index (χ2v) is 4.79. The van der Waals surface area contributed by atoms with E-state index in [1.54, 1.807) is 13.3 Å². The normalized spacial score (nSPS) is 10.5. The minimum Gasteiger partial charge on any atom is -0.497 e. The number of fused-ring (bicyclic) bond motifs is 1. The molecule has 2 rings (SSSR count). The van der Waals surface area contributed by atoms with Gasteiger partial charge < -0.3 is 10.1 Å². The molecule has 2 aromatic rings. The lowest BCUT2D eigenvalue weighted by molar-refractivity contribution is -0.116. The van der Waals surface area contributed by atoms with Crippen LogP contribution in [0.15, 0.2) is 30.5 Å².